The number of nitrogens with one attached hydrogen (secondary N) is 1. The Morgan fingerprint density at radius 1 is 1.00 bits per heavy atom. The van der Waals surface area contributed by atoms with Crippen LogP contribution in [0.5, 0.6) is 0 Å². The minimum absolute atomic E-state index is 0.0910. The lowest BCUT2D eigenvalue weighted by molar-refractivity contribution is 0.0942. The van der Waals surface area contributed by atoms with Crippen LogP contribution >= 0.6 is 11.3 Å². The summed E-state index contributed by atoms with van der Waals surface area (Å²) < 4.78 is 0. The molecule has 4 heteroatoms. The van der Waals surface area contributed by atoms with Gasteiger partial charge in [0.05, 0.1) is 10.4 Å². The first kappa shape index (κ1) is 16.4. The van der Waals surface area contributed by atoms with Gasteiger partial charge >= 0.3 is 0 Å². The minimum Gasteiger partial charge on any atom is -0.352 e. The van der Waals surface area contributed by atoms with Gasteiger partial charge in [-0.05, 0) is 23.9 Å². The van der Waals surface area contributed by atoms with Crippen LogP contribution in [0.2, 0.25) is 0 Å². The van der Waals surface area contributed by atoms with Gasteiger partial charge in [-0.2, -0.15) is 0 Å². The van der Waals surface area contributed by atoms with E-state index in [2.05, 4.69) is 12.2 Å². The quantitative estimate of drug-likeness (QED) is 0.583. The monoisotopic (exact) mass is 315 g/mol. The SMILES string of the molecule is CCCCCCNC(=O)c1ccccc1C(=O)c1cccs1. The molecule has 0 aliphatic rings. The third-order valence-electron chi connectivity index (χ3n) is 3.48. The molecule has 0 saturated heterocycles. The van der Waals surface area contributed by atoms with Gasteiger partial charge in [0.1, 0.15) is 0 Å². The van der Waals surface area contributed by atoms with E-state index in [9.17, 15) is 9.59 Å². The Kier molecular flexibility index (Phi) is 6.34. The number of rotatable bonds is 8. The maximum atomic E-state index is 12.5. The van der Waals surface area contributed by atoms with Crippen molar-refractivity contribution in [2.24, 2.45) is 0 Å². The number of hydrogen-bond donors (Lipinski definition) is 1. The number of hydrogen-bond acceptors (Lipinski definition) is 3. The predicted octanol–water partition coefficient (Wildman–Crippen LogP) is 4.29. The summed E-state index contributed by atoms with van der Waals surface area (Å²) in [4.78, 5) is 25.4. The predicted molar refractivity (Wildman–Crippen MR) is 90.7 cm³/mol. The zero-order valence-corrected chi connectivity index (χ0v) is 13.6. The van der Waals surface area contributed by atoms with Crippen LogP contribution in [0.1, 0.15) is 58.2 Å². The minimum atomic E-state index is -0.169. The summed E-state index contributed by atoms with van der Waals surface area (Å²) in [6, 6.07) is 10.6. The molecule has 3 nitrogen and oxygen atoms in total. The summed E-state index contributed by atoms with van der Waals surface area (Å²) in [6.45, 7) is 2.81. The molecule has 0 aliphatic carbocycles. The molecule has 0 fully saturated rings. The Balaban J connectivity index is 2.05. The molecule has 2 aromatic rings. The molecule has 1 heterocycles. The summed E-state index contributed by atoms with van der Waals surface area (Å²) in [5, 5.41) is 4.78. The van der Waals surface area contributed by atoms with E-state index in [0.717, 1.165) is 12.8 Å². The van der Waals surface area contributed by atoms with E-state index in [1.807, 2.05) is 11.4 Å². The molecule has 0 aliphatic heterocycles. The molecule has 0 unspecified atom stereocenters. The van der Waals surface area contributed by atoms with E-state index >= 15 is 0 Å². The van der Waals surface area contributed by atoms with Crippen molar-refractivity contribution in [2.75, 3.05) is 6.54 Å². The highest BCUT2D eigenvalue weighted by Gasteiger charge is 2.18. The number of amides is 1. The van der Waals surface area contributed by atoms with Gasteiger partial charge in [0, 0.05) is 12.1 Å². The molecule has 1 amide bonds. The van der Waals surface area contributed by atoms with E-state index in [4.69, 9.17) is 0 Å². The normalized spacial score (nSPS) is 10.4. The third kappa shape index (κ3) is 4.28. The van der Waals surface area contributed by atoms with Crippen molar-refractivity contribution in [3.05, 3.63) is 57.8 Å². The van der Waals surface area contributed by atoms with Crippen molar-refractivity contribution in [1.29, 1.82) is 0 Å². The van der Waals surface area contributed by atoms with E-state index in [-0.39, 0.29) is 11.7 Å². The van der Waals surface area contributed by atoms with Gasteiger partial charge in [-0.25, -0.2) is 0 Å². The molecular formula is C18H21NO2S. The average Bonchev–Trinajstić information content (AvgIpc) is 3.08. The Hall–Kier alpha value is -1.94. The van der Waals surface area contributed by atoms with Gasteiger partial charge in [0.25, 0.3) is 5.91 Å². The summed E-state index contributed by atoms with van der Waals surface area (Å²) in [5.41, 5.74) is 0.924. The number of carbonyl (C=O) groups excluding carboxylic acids is 2. The number of unbranched alkanes of at least 4 members (excludes halogenated alkanes) is 3. The van der Waals surface area contributed by atoms with Crippen LogP contribution in [0.4, 0.5) is 0 Å². The van der Waals surface area contributed by atoms with Crippen molar-refractivity contribution in [2.45, 2.75) is 32.6 Å². The number of carbonyl (C=O) groups is 2. The summed E-state index contributed by atoms with van der Waals surface area (Å²) in [7, 11) is 0. The lowest BCUT2D eigenvalue weighted by Crippen LogP contribution is -2.26. The first-order valence-electron chi connectivity index (χ1n) is 7.69. The van der Waals surface area contributed by atoms with Gasteiger partial charge in [-0.15, -0.1) is 11.3 Å². The van der Waals surface area contributed by atoms with Crippen molar-refractivity contribution in [3.8, 4) is 0 Å². The molecular weight excluding hydrogens is 294 g/mol. The zero-order chi connectivity index (χ0) is 15.8. The van der Waals surface area contributed by atoms with Crippen molar-refractivity contribution in [1.82, 2.24) is 5.32 Å². The highest BCUT2D eigenvalue weighted by Crippen LogP contribution is 2.18. The molecule has 0 radical (unpaired) electrons. The van der Waals surface area contributed by atoms with E-state index in [1.54, 1.807) is 30.3 Å². The lowest BCUT2D eigenvalue weighted by atomic mass is 10.0. The number of benzene rings is 1. The molecule has 1 N–H and O–H groups in total. The van der Waals surface area contributed by atoms with Crippen LogP contribution in [0.25, 0.3) is 0 Å². The lowest BCUT2D eigenvalue weighted by Gasteiger charge is -2.09. The topological polar surface area (TPSA) is 46.2 Å². The van der Waals surface area contributed by atoms with Crippen LogP contribution in [-0.2, 0) is 0 Å². The molecule has 1 aromatic heterocycles. The van der Waals surface area contributed by atoms with Crippen molar-refractivity contribution < 1.29 is 9.59 Å². The summed E-state index contributed by atoms with van der Waals surface area (Å²) >= 11 is 1.39. The largest absolute Gasteiger partial charge is 0.352 e. The van der Waals surface area contributed by atoms with Gasteiger partial charge in [-0.3, -0.25) is 9.59 Å². The first-order valence-corrected chi connectivity index (χ1v) is 8.57. The standard InChI is InChI=1S/C18H21NO2S/c1-2-3-4-7-12-19-18(21)15-10-6-5-9-14(15)17(20)16-11-8-13-22-16/h5-6,8-11,13H,2-4,7,12H2,1H3,(H,19,21). The Bertz CT molecular complexity index is 620. The number of ketones is 1. The van der Waals surface area contributed by atoms with Crippen LogP contribution in [0.3, 0.4) is 0 Å². The maximum Gasteiger partial charge on any atom is 0.252 e. The van der Waals surface area contributed by atoms with Crippen LogP contribution in [0, 0.1) is 0 Å². The maximum absolute atomic E-state index is 12.5. The second-order valence-corrected chi connectivity index (χ2v) is 6.12. The van der Waals surface area contributed by atoms with E-state index in [1.165, 1.54) is 24.2 Å². The fourth-order valence-corrected chi connectivity index (χ4v) is 2.95. The van der Waals surface area contributed by atoms with Gasteiger partial charge in [0.2, 0.25) is 5.78 Å². The fourth-order valence-electron chi connectivity index (χ4n) is 2.27. The molecule has 116 valence electrons. The second kappa shape index (κ2) is 8.49. The van der Waals surface area contributed by atoms with Crippen LogP contribution in [0.15, 0.2) is 41.8 Å². The highest BCUT2D eigenvalue weighted by atomic mass is 32.1. The molecule has 0 bridgehead atoms. The Morgan fingerprint density at radius 3 is 2.45 bits per heavy atom. The average molecular weight is 315 g/mol. The van der Waals surface area contributed by atoms with E-state index < -0.39 is 0 Å². The molecule has 22 heavy (non-hydrogen) atoms. The molecule has 0 spiro atoms. The zero-order valence-electron chi connectivity index (χ0n) is 12.8. The van der Waals surface area contributed by atoms with Crippen molar-refractivity contribution in [3.63, 3.8) is 0 Å². The molecule has 2 rings (SSSR count). The number of thiophene rings is 1. The first-order chi connectivity index (χ1) is 10.7. The van der Waals surface area contributed by atoms with E-state index in [0.29, 0.717) is 22.5 Å². The smallest absolute Gasteiger partial charge is 0.252 e. The third-order valence-corrected chi connectivity index (χ3v) is 4.35. The van der Waals surface area contributed by atoms with Crippen molar-refractivity contribution >= 4 is 23.0 Å². The van der Waals surface area contributed by atoms with Crippen LogP contribution in [-0.4, -0.2) is 18.2 Å². The molecule has 0 saturated carbocycles. The summed E-state index contributed by atoms with van der Waals surface area (Å²) in [5.74, 6) is -0.260. The Morgan fingerprint density at radius 2 is 1.77 bits per heavy atom. The van der Waals surface area contributed by atoms with Gasteiger partial charge in [-0.1, -0.05) is 50.5 Å². The Labute approximate surface area is 135 Å². The second-order valence-electron chi connectivity index (χ2n) is 5.17. The van der Waals surface area contributed by atoms with Gasteiger partial charge < -0.3 is 5.32 Å². The fraction of sp³-hybridized carbons (Fsp3) is 0.333. The molecule has 0 atom stereocenters. The molecule has 1 aromatic carbocycles. The van der Waals surface area contributed by atoms with Crippen LogP contribution < -0.4 is 5.32 Å². The highest BCUT2D eigenvalue weighted by molar-refractivity contribution is 7.12. The summed E-state index contributed by atoms with van der Waals surface area (Å²) in [6.07, 6.45) is 4.45. The van der Waals surface area contributed by atoms with Gasteiger partial charge in [0.15, 0.2) is 0 Å².